The Bertz CT molecular complexity index is 2400. The third-order valence-corrected chi connectivity index (χ3v) is 15.9. The van der Waals surface area contributed by atoms with Gasteiger partial charge in [0.15, 0.2) is 0 Å². The highest BCUT2D eigenvalue weighted by molar-refractivity contribution is 7.91. The SMILES string of the molecule is C[Si](C)(c1ccc(C(=O)Nc2cccc(S(=O)(=O)c3cccc(N)c3)c2)cc1)c1ccc(C(=O)Nc2cccc(S(=O)(=O)c3cccc(N)c3)c2)cc1. The van der Waals surface area contributed by atoms with E-state index >= 15 is 0 Å². The van der Waals surface area contributed by atoms with Gasteiger partial charge < -0.3 is 22.1 Å². The Morgan fingerprint density at radius 2 is 0.792 bits per heavy atom. The van der Waals surface area contributed by atoms with Gasteiger partial charge in [-0.2, -0.15) is 0 Å². The Labute approximate surface area is 309 Å². The van der Waals surface area contributed by atoms with Crippen LogP contribution in [0.15, 0.2) is 165 Å². The van der Waals surface area contributed by atoms with Crippen LogP contribution in [-0.4, -0.2) is 36.7 Å². The van der Waals surface area contributed by atoms with Gasteiger partial charge in [0, 0.05) is 33.9 Å². The van der Waals surface area contributed by atoms with Gasteiger partial charge in [-0.1, -0.05) is 72.0 Å². The zero-order valence-electron chi connectivity index (χ0n) is 28.8. The number of amides is 2. The summed E-state index contributed by atoms with van der Waals surface area (Å²) in [6.07, 6.45) is 0. The maximum Gasteiger partial charge on any atom is 0.255 e. The van der Waals surface area contributed by atoms with E-state index in [1.807, 2.05) is 24.3 Å². The predicted octanol–water partition coefficient (Wildman–Crippen LogP) is 5.84. The second-order valence-electron chi connectivity index (χ2n) is 12.9. The van der Waals surface area contributed by atoms with Crippen molar-refractivity contribution in [3.05, 3.63) is 157 Å². The Kier molecular flexibility index (Phi) is 10.1. The van der Waals surface area contributed by atoms with Gasteiger partial charge in [0.1, 0.15) is 8.07 Å². The highest BCUT2D eigenvalue weighted by Gasteiger charge is 2.27. The van der Waals surface area contributed by atoms with Crippen LogP contribution in [0.1, 0.15) is 20.7 Å². The van der Waals surface area contributed by atoms with E-state index in [1.165, 1.54) is 48.5 Å². The number of hydrogen-bond donors (Lipinski definition) is 4. The number of nitrogens with one attached hydrogen (secondary N) is 2. The zero-order chi connectivity index (χ0) is 38.0. The fraction of sp³-hybridized carbons (Fsp3) is 0.0500. The van der Waals surface area contributed by atoms with E-state index in [2.05, 4.69) is 23.7 Å². The lowest BCUT2D eigenvalue weighted by Crippen LogP contribution is -2.52. The van der Waals surface area contributed by atoms with Crippen LogP contribution in [0, 0.1) is 0 Å². The molecule has 0 saturated carbocycles. The first-order valence-corrected chi connectivity index (χ1v) is 22.4. The van der Waals surface area contributed by atoms with Crippen LogP contribution in [0.2, 0.25) is 13.1 Å². The molecule has 0 unspecified atom stereocenters. The van der Waals surface area contributed by atoms with Crippen LogP contribution in [0.5, 0.6) is 0 Å². The molecule has 0 saturated heterocycles. The molecule has 2 amide bonds. The Balaban J connectivity index is 1.12. The first kappa shape index (κ1) is 36.8. The van der Waals surface area contributed by atoms with Crippen molar-refractivity contribution in [1.29, 1.82) is 0 Å². The average molecular weight is 761 g/mol. The van der Waals surface area contributed by atoms with Crippen molar-refractivity contribution in [2.75, 3.05) is 22.1 Å². The predicted molar refractivity (Wildman–Crippen MR) is 211 cm³/mol. The Hall–Kier alpha value is -6.02. The monoisotopic (exact) mass is 760 g/mol. The van der Waals surface area contributed by atoms with Crippen LogP contribution in [0.3, 0.4) is 0 Å². The molecule has 0 aromatic heterocycles. The lowest BCUT2D eigenvalue weighted by atomic mass is 10.2. The molecule has 0 heterocycles. The van der Waals surface area contributed by atoms with Crippen molar-refractivity contribution >= 4 is 72.7 Å². The number of anilines is 4. The molecule has 13 heteroatoms. The van der Waals surface area contributed by atoms with E-state index in [4.69, 9.17) is 11.5 Å². The second kappa shape index (κ2) is 14.5. The Morgan fingerprint density at radius 1 is 0.472 bits per heavy atom. The standard InChI is InChI=1S/C40H36N4O6S2Si/c1-53(2,37-19-15-27(16-20-37)39(45)43-31-9-5-13-35(25-31)51(47,48)33-11-3-7-29(41)23-33)38-21-17-28(18-22-38)40(46)44-32-10-6-14-36(26-32)52(49,50)34-12-4-8-30(42)24-34/h3-26H,41-42H2,1-2H3,(H,43,45)(H,44,46). The fourth-order valence-electron chi connectivity index (χ4n) is 5.77. The van der Waals surface area contributed by atoms with E-state index in [-0.39, 0.29) is 19.6 Å². The van der Waals surface area contributed by atoms with E-state index in [0.29, 0.717) is 33.9 Å². The van der Waals surface area contributed by atoms with E-state index in [1.54, 1.807) is 72.8 Å². The van der Waals surface area contributed by atoms with Crippen LogP contribution in [0.4, 0.5) is 22.7 Å². The van der Waals surface area contributed by atoms with Gasteiger partial charge in [-0.25, -0.2) is 16.8 Å². The summed E-state index contributed by atoms with van der Waals surface area (Å²) in [4.78, 5) is 26.5. The van der Waals surface area contributed by atoms with Crippen molar-refractivity contribution in [1.82, 2.24) is 0 Å². The van der Waals surface area contributed by atoms with Crippen molar-refractivity contribution in [2.24, 2.45) is 0 Å². The molecule has 6 aromatic rings. The van der Waals surface area contributed by atoms with E-state index in [9.17, 15) is 26.4 Å². The summed E-state index contributed by atoms with van der Waals surface area (Å²) >= 11 is 0. The average Bonchev–Trinajstić information content (AvgIpc) is 3.15. The molecule has 268 valence electrons. The minimum absolute atomic E-state index is 0.0299. The topological polar surface area (TPSA) is 179 Å². The molecule has 0 spiro atoms. The van der Waals surface area contributed by atoms with Gasteiger partial charge in [0.05, 0.1) is 19.6 Å². The summed E-state index contributed by atoms with van der Waals surface area (Å²) in [5, 5.41) is 7.69. The van der Waals surface area contributed by atoms with Crippen LogP contribution in [0.25, 0.3) is 0 Å². The number of nitrogens with two attached hydrogens (primary N) is 2. The molecular weight excluding hydrogens is 725 g/mol. The lowest BCUT2D eigenvalue weighted by molar-refractivity contribution is 0.101. The summed E-state index contributed by atoms with van der Waals surface area (Å²) in [5.41, 5.74) is 13.7. The zero-order valence-corrected chi connectivity index (χ0v) is 31.4. The summed E-state index contributed by atoms with van der Waals surface area (Å²) in [7, 11) is -9.95. The molecule has 0 fully saturated rings. The third-order valence-electron chi connectivity index (χ3n) is 8.88. The van der Waals surface area contributed by atoms with Gasteiger partial charge >= 0.3 is 0 Å². The molecule has 0 aliphatic heterocycles. The molecule has 0 radical (unpaired) electrons. The fourth-order valence-corrected chi connectivity index (χ4v) is 10.8. The number of nitrogen functional groups attached to an aromatic ring is 2. The maximum atomic E-state index is 13.2. The molecule has 6 rings (SSSR count). The molecule has 0 bridgehead atoms. The highest BCUT2D eigenvalue weighted by atomic mass is 32.2. The van der Waals surface area contributed by atoms with Crippen LogP contribution in [-0.2, 0) is 19.7 Å². The normalized spacial score (nSPS) is 11.8. The van der Waals surface area contributed by atoms with E-state index in [0.717, 1.165) is 10.4 Å². The van der Waals surface area contributed by atoms with Crippen LogP contribution < -0.4 is 32.5 Å². The summed E-state index contributed by atoms with van der Waals surface area (Å²) in [6, 6.07) is 38.8. The molecule has 6 aromatic carbocycles. The quantitative estimate of drug-likeness (QED) is 0.0993. The molecule has 6 N–H and O–H groups in total. The first-order chi connectivity index (χ1) is 25.1. The molecular formula is C40H36N4O6S2Si. The number of hydrogen-bond acceptors (Lipinski definition) is 8. The van der Waals surface area contributed by atoms with Gasteiger partial charge in [0.25, 0.3) is 11.8 Å². The number of benzene rings is 6. The van der Waals surface area contributed by atoms with Crippen molar-refractivity contribution < 1.29 is 26.4 Å². The second-order valence-corrected chi connectivity index (χ2v) is 21.2. The molecule has 0 atom stereocenters. The molecule has 10 nitrogen and oxygen atoms in total. The number of rotatable bonds is 10. The van der Waals surface area contributed by atoms with Gasteiger partial charge in [-0.3, -0.25) is 9.59 Å². The van der Waals surface area contributed by atoms with Crippen molar-refractivity contribution in [3.63, 3.8) is 0 Å². The summed E-state index contributed by atoms with van der Waals surface area (Å²) in [5.74, 6) is -0.782. The molecule has 0 aliphatic rings. The maximum absolute atomic E-state index is 13.2. The minimum Gasteiger partial charge on any atom is -0.399 e. The van der Waals surface area contributed by atoms with Crippen LogP contribution >= 0.6 is 0 Å². The minimum atomic E-state index is -3.84. The first-order valence-electron chi connectivity index (χ1n) is 16.4. The number of sulfone groups is 2. The van der Waals surface area contributed by atoms with Crippen molar-refractivity contribution in [3.8, 4) is 0 Å². The van der Waals surface area contributed by atoms with Gasteiger partial charge in [-0.05, 0) is 97.1 Å². The highest BCUT2D eigenvalue weighted by Crippen LogP contribution is 2.26. The molecule has 53 heavy (non-hydrogen) atoms. The summed E-state index contributed by atoms with van der Waals surface area (Å²) in [6.45, 7) is 4.32. The molecule has 0 aliphatic carbocycles. The largest absolute Gasteiger partial charge is 0.399 e. The number of carbonyl (C=O) groups excluding carboxylic acids is 2. The smallest absolute Gasteiger partial charge is 0.255 e. The lowest BCUT2D eigenvalue weighted by Gasteiger charge is -2.24. The van der Waals surface area contributed by atoms with Gasteiger partial charge in [-0.15, -0.1) is 0 Å². The van der Waals surface area contributed by atoms with Gasteiger partial charge in [0.2, 0.25) is 19.7 Å². The summed E-state index contributed by atoms with van der Waals surface area (Å²) < 4.78 is 52.6. The van der Waals surface area contributed by atoms with E-state index < -0.39 is 39.6 Å². The third kappa shape index (κ3) is 7.92. The Morgan fingerprint density at radius 3 is 1.13 bits per heavy atom. The number of carbonyl (C=O) groups is 2. The van der Waals surface area contributed by atoms with Crippen molar-refractivity contribution in [2.45, 2.75) is 32.7 Å².